The summed E-state index contributed by atoms with van der Waals surface area (Å²) in [5.74, 6) is -0.290. The number of esters is 1. The van der Waals surface area contributed by atoms with Crippen LogP contribution < -0.4 is 10.6 Å². The van der Waals surface area contributed by atoms with E-state index in [9.17, 15) is 9.59 Å². The van der Waals surface area contributed by atoms with Gasteiger partial charge in [-0.15, -0.1) is 5.10 Å². The number of hydrogen-bond donors (Lipinski definition) is 2. The monoisotopic (exact) mass is 394 g/mol. The van der Waals surface area contributed by atoms with E-state index in [0.717, 1.165) is 0 Å². The number of amides is 2. The molecule has 1 aliphatic rings. The summed E-state index contributed by atoms with van der Waals surface area (Å²) in [5, 5.41) is 17.6. The fourth-order valence-electron chi connectivity index (χ4n) is 2.51. The van der Waals surface area contributed by atoms with Crippen LogP contribution >= 0.6 is 23.4 Å². The number of urea groups is 1. The molecule has 0 spiro atoms. The summed E-state index contributed by atoms with van der Waals surface area (Å²) in [7, 11) is 2.98. The molecule has 1 aliphatic heterocycles. The molecule has 0 saturated carbocycles. The van der Waals surface area contributed by atoms with E-state index in [1.54, 1.807) is 31.3 Å². The van der Waals surface area contributed by atoms with Crippen molar-refractivity contribution < 1.29 is 14.3 Å². The van der Waals surface area contributed by atoms with E-state index < -0.39 is 18.0 Å². The zero-order valence-electron chi connectivity index (χ0n) is 13.9. The van der Waals surface area contributed by atoms with Gasteiger partial charge in [-0.05, 0) is 22.1 Å². The highest BCUT2D eigenvalue weighted by atomic mass is 35.5. The number of carbonyl (C=O) groups excluding carboxylic acids is 2. The van der Waals surface area contributed by atoms with Crippen LogP contribution in [0, 0.1) is 0 Å². The second-order valence-corrected chi connectivity index (χ2v) is 6.66. The molecule has 26 heavy (non-hydrogen) atoms. The van der Waals surface area contributed by atoms with Gasteiger partial charge in [0.25, 0.3) is 0 Å². The third kappa shape index (κ3) is 3.65. The number of halogens is 1. The van der Waals surface area contributed by atoms with Gasteiger partial charge in [-0.2, -0.15) is 0 Å². The lowest BCUT2D eigenvalue weighted by Gasteiger charge is -2.29. The number of methoxy groups -OCH3 is 1. The van der Waals surface area contributed by atoms with Gasteiger partial charge in [0.15, 0.2) is 0 Å². The van der Waals surface area contributed by atoms with Crippen LogP contribution in [0.3, 0.4) is 0 Å². The Bertz CT molecular complexity index is 884. The Kier molecular flexibility index (Phi) is 5.43. The van der Waals surface area contributed by atoms with Gasteiger partial charge in [-0.25, -0.2) is 14.3 Å². The van der Waals surface area contributed by atoms with Crippen LogP contribution in [-0.4, -0.2) is 45.1 Å². The maximum Gasteiger partial charge on any atom is 0.338 e. The Balaban J connectivity index is 2.00. The third-order valence-electron chi connectivity index (χ3n) is 3.70. The van der Waals surface area contributed by atoms with Crippen LogP contribution in [0.4, 0.5) is 4.79 Å². The molecule has 2 amide bonds. The molecule has 0 bridgehead atoms. The first-order chi connectivity index (χ1) is 12.5. The Morgan fingerprint density at radius 1 is 1.42 bits per heavy atom. The predicted octanol–water partition coefficient (Wildman–Crippen LogP) is 1.44. The SMILES string of the molecule is COC(=O)C1=C(CSc2nnnn2C)NC(=O)N[C@H]1c1ccccc1Cl. The third-order valence-corrected chi connectivity index (χ3v) is 5.08. The minimum Gasteiger partial charge on any atom is -0.466 e. The molecular weight excluding hydrogens is 380 g/mol. The maximum atomic E-state index is 12.4. The van der Waals surface area contributed by atoms with E-state index >= 15 is 0 Å². The van der Waals surface area contributed by atoms with Crippen LogP contribution in [0.2, 0.25) is 5.02 Å². The number of aryl methyl sites for hydroxylation is 1. The van der Waals surface area contributed by atoms with Crippen molar-refractivity contribution in [3.8, 4) is 0 Å². The topological polar surface area (TPSA) is 111 Å². The Labute approximate surface area is 158 Å². The van der Waals surface area contributed by atoms with Crippen LogP contribution in [0.1, 0.15) is 11.6 Å². The van der Waals surface area contributed by atoms with Crippen molar-refractivity contribution >= 4 is 35.4 Å². The molecule has 1 atom stereocenters. The normalized spacial score (nSPS) is 16.9. The zero-order valence-corrected chi connectivity index (χ0v) is 15.5. The molecule has 2 N–H and O–H groups in total. The molecule has 11 heteroatoms. The molecule has 0 saturated heterocycles. The smallest absolute Gasteiger partial charge is 0.338 e. The van der Waals surface area contributed by atoms with Crippen molar-refractivity contribution in [2.45, 2.75) is 11.2 Å². The van der Waals surface area contributed by atoms with Gasteiger partial charge < -0.3 is 15.4 Å². The molecule has 2 aromatic rings. The summed E-state index contributed by atoms with van der Waals surface area (Å²) in [5.41, 5.74) is 1.30. The molecule has 0 radical (unpaired) electrons. The van der Waals surface area contributed by atoms with Crippen LogP contribution in [0.15, 0.2) is 40.7 Å². The number of rotatable bonds is 5. The van der Waals surface area contributed by atoms with Crippen LogP contribution in [-0.2, 0) is 16.6 Å². The first-order valence-electron chi connectivity index (χ1n) is 7.49. The predicted molar refractivity (Wildman–Crippen MR) is 94.4 cm³/mol. The minimum absolute atomic E-state index is 0.271. The number of benzene rings is 1. The van der Waals surface area contributed by atoms with Crippen molar-refractivity contribution in [3.63, 3.8) is 0 Å². The summed E-state index contributed by atoms with van der Waals surface area (Å²) in [6.45, 7) is 0. The quantitative estimate of drug-likeness (QED) is 0.583. The highest BCUT2D eigenvalue weighted by molar-refractivity contribution is 7.99. The van der Waals surface area contributed by atoms with E-state index in [0.29, 0.717) is 21.4 Å². The molecule has 9 nitrogen and oxygen atoms in total. The van der Waals surface area contributed by atoms with Gasteiger partial charge in [0.05, 0.1) is 18.7 Å². The zero-order chi connectivity index (χ0) is 18.7. The second kappa shape index (κ2) is 7.75. The Hall–Kier alpha value is -2.59. The average molecular weight is 395 g/mol. The second-order valence-electron chi connectivity index (χ2n) is 5.31. The molecule has 0 unspecified atom stereocenters. The number of thioether (sulfide) groups is 1. The summed E-state index contributed by atoms with van der Waals surface area (Å²) in [4.78, 5) is 24.6. The summed E-state index contributed by atoms with van der Waals surface area (Å²) in [6.07, 6.45) is 0. The van der Waals surface area contributed by atoms with Crippen molar-refractivity contribution in [2.24, 2.45) is 7.05 Å². The largest absolute Gasteiger partial charge is 0.466 e. The van der Waals surface area contributed by atoms with Crippen LogP contribution in [0.25, 0.3) is 0 Å². The number of aromatic nitrogens is 4. The standard InChI is InChI=1S/C15H15ClN6O3S/c1-22-15(19-20-21-22)26-7-10-11(13(23)25-2)12(18-14(24)17-10)8-5-3-4-6-9(8)16/h3-6,12H,7H2,1-2H3,(H2,17,18,24)/t12-/m0/s1. The van der Waals surface area contributed by atoms with E-state index in [1.807, 2.05) is 0 Å². The van der Waals surface area contributed by atoms with E-state index in [4.69, 9.17) is 16.3 Å². The molecule has 0 aliphatic carbocycles. The highest BCUT2D eigenvalue weighted by Crippen LogP contribution is 2.33. The molecule has 3 rings (SSSR count). The fraction of sp³-hybridized carbons (Fsp3) is 0.267. The molecule has 136 valence electrons. The van der Waals surface area contributed by atoms with Gasteiger partial charge in [0.1, 0.15) is 0 Å². The Morgan fingerprint density at radius 3 is 2.85 bits per heavy atom. The van der Waals surface area contributed by atoms with Crippen molar-refractivity contribution in [1.29, 1.82) is 0 Å². The molecular formula is C15H15ClN6O3S. The molecule has 1 aromatic carbocycles. The van der Waals surface area contributed by atoms with E-state index in [-0.39, 0.29) is 11.3 Å². The molecule has 1 aromatic heterocycles. The first-order valence-corrected chi connectivity index (χ1v) is 8.86. The van der Waals surface area contributed by atoms with E-state index in [2.05, 4.69) is 26.2 Å². The van der Waals surface area contributed by atoms with Crippen LogP contribution in [0.5, 0.6) is 0 Å². The number of carbonyl (C=O) groups is 2. The van der Waals surface area contributed by atoms with Crippen molar-refractivity contribution in [1.82, 2.24) is 30.8 Å². The summed E-state index contributed by atoms with van der Waals surface area (Å²) >= 11 is 7.54. The minimum atomic E-state index is -0.724. The number of nitrogens with zero attached hydrogens (tertiary/aromatic N) is 4. The molecule has 0 fully saturated rings. The summed E-state index contributed by atoms with van der Waals surface area (Å²) < 4.78 is 6.42. The maximum absolute atomic E-state index is 12.4. The summed E-state index contributed by atoms with van der Waals surface area (Å²) in [6, 6.07) is 5.84. The van der Waals surface area contributed by atoms with Gasteiger partial charge in [0.2, 0.25) is 5.16 Å². The number of hydrogen-bond acceptors (Lipinski definition) is 7. The van der Waals surface area contributed by atoms with Gasteiger partial charge in [0, 0.05) is 23.5 Å². The number of nitrogens with one attached hydrogen (secondary N) is 2. The average Bonchev–Trinajstić information content (AvgIpc) is 3.04. The van der Waals surface area contributed by atoms with Gasteiger partial charge in [-0.1, -0.05) is 41.6 Å². The number of tetrazole rings is 1. The van der Waals surface area contributed by atoms with Crippen molar-refractivity contribution in [3.05, 3.63) is 46.1 Å². The van der Waals surface area contributed by atoms with Gasteiger partial charge >= 0.3 is 12.0 Å². The molecule has 2 heterocycles. The van der Waals surface area contributed by atoms with Crippen molar-refractivity contribution in [2.75, 3.05) is 12.9 Å². The van der Waals surface area contributed by atoms with Gasteiger partial charge in [-0.3, -0.25) is 0 Å². The van der Waals surface area contributed by atoms with E-state index in [1.165, 1.54) is 23.6 Å². The first kappa shape index (κ1) is 18.2. The highest BCUT2D eigenvalue weighted by Gasteiger charge is 2.34. The lowest BCUT2D eigenvalue weighted by Crippen LogP contribution is -2.46. The fourth-order valence-corrected chi connectivity index (χ4v) is 3.57. The number of ether oxygens (including phenoxy) is 1. The lowest BCUT2D eigenvalue weighted by molar-refractivity contribution is -0.136. The lowest BCUT2D eigenvalue weighted by atomic mass is 9.95. The Morgan fingerprint density at radius 2 is 2.19 bits per heavy atom.